The van der Waals surface area contributed by atoms with Crippen LogP contribution in [-0.4, -0.2) is 10.7 Å². The zero-order valence-electron chi connectivity index (χ0n) is 19.1. The molecule has 0 heterocycles. The lowest BCUT2D eigenvalue weighted by atomic mass is 9.68. The Balaban J connectivity index is 1.67. The van der Waals surface area contributed by atoms with Crippen molar-refractivity contribution in [1.29, 1.82) is 0 Å². The van der Waals surface area contributed by atoms with E-state index in [1.165, 1.54) is 128 Å². The molecule has 27 heavy (non-hydrogen) atoms. The van der Waals surface area contributed by atoms with Crippen molar-refractivity contribution in [1.82, 2.24) is 0 Å². The first-order valence-corrected chi connectivity index (χ1v) is 12.9. The average Bonchev–Trinajstić information content (AvgIpc) is 2.68. The molecule has 0 radical (unpaired) electrons. The van der Waals surface area contributed by atoms with Gasteiger partial charge in [0, 0.05) is 0 Å². The summed E-state index contributed by atoms with van der Waals surface area (Å²) in [6, 6.07) is 0. The van der Waals surface area contributed by atoms with Gasteiger partial charge in [-0.3, -0.25) is 0 Å². The quantitative estimate of drug-likeness (QED) is 0.209. The van der Waals surface area contributed by atoms with Gasteiger partial charge in [-0.1, -0.05) is 136 Å². The van der Waals surface area contributed by atoms with Gasteiger partial charge in [-0.15, -0.1) is 0 Å². The van der Waals surface area contributed by atoms with Crippen LogP contribution < -0.4 is 0 Å². The summed E-state index contributed by atoms with van der Waals surface area (Å²) in [5.41, 5.74) is -0.283. The molecule has 0 bridgehead atoms. The van der Waals surface area contributed by atoms with Gasteiger partial charge in [-0.25, -0.2) is 0 Å². The van der Waals surface area contributed by atoms with Crippen molar-refractivity contribution in [2.45, 2.75) is 161 Å². The van der Waals surface area contributed by atoms with Crippen LogP contribution in [0, 0.1) is 5.92 Å². The molecule has 0 saturated heterocycles. The fraction of sp³-hybridized carbons (Fsp3) is 1.00. The molecule has 2 atom stereocenters. The maximum Gasteiger partial charge on any atom is 0.0673 e. The van der Waals surface area contributed by atoms with Gasteiger partial charge in [0.05, 0.1) is 5.60 Å². The van der Waals surface area contributed by atoms with Crippen LogP contribution in [0.3, 0.4) is 0 Å². The average molecular weight is 381 g/mol. The number of hydrogen-bond acceptors (Lipinski definition) is 1. The van der Waals surface area contributed by atoms with Crippen LogP contribution in [0.15, 0.2) is 0 Å². The van der Waals surface area contributed by atoms with Gasteiger partial charge in [0.1, 0.15) is 0 Å². The molecule has 1 aliphatic carbocycles. The molecule has 1 rings (SSSR count). The van der Waals surface area contributed by atoms with Gasteiger partial charge in [0.2, 0.25) is 0 Å². The minimum absolute atomic E-state index is 0.283. The third-order valence-electron chi connectivity index (χ3n) is 7.14. The van der Waals surface area contributed by atoms with Crippen molar-refractivity contribution < 1.29 is 5.11 Å². The Kier molecular flexibility index (Phi) is 15.6. The smallest absolute Gasteiger partial charge is 0.0673 e. The van der Waals surface area contributed by atoms with Gasteiger partial charge in [-0.05, 0) is 25.2 Å². The number of aliphatic hydroxyl groups is 1. The highest BCUT2D eigenvalue weighted by Gasteiger charge is 2.40. The topological polar surface area (TPSA) is 20.2 Å². The lowest BCUT2D eigenvalue weighted by Crippen LogP contribution is -2.45. The fourth-order valence-electron chi connectivity index (χ4n) is 4.65. The van der Waals surface area contributed by atoms with Gasteiger partial charge in [-0.2, -0.15) is 0 Å². The molecule has 1 nitrogen and oxygen atoms in total. The molecule has 0 aromatic rings. The second-order valence-corrected chi connectivity index (χ2v) is 9.66. The number of rotatable bonds is 20. The Morgan fingerprint density at radius 1 is 0.593 bits per heavy atom. The standard InChI is InChI=1S/C26H52O/c1-3-4-5-6-7-8-9-10-11-12-13-14-15-16-17-18-19-20-21-23-26(27)24-22-25(26)2/h25,27H,3-24H2,1-2H3. The monoisotopic (exact) mass is 380 g/mol. The summed E-state index contributed by atoms with van der Waals surface area (Å²) >= 11 is 0. The summed E-state index contributed by atoms with van der Waals surface area (Å²) in [7, 11) is 0. The molecule has 1 fully saturated rings. The number of unbranched alkanes of at least 4 members (excludes halogenated alkanes) is 18. The highest BCUT2D eigenvalue weighted by molar-refractivity contribution is 4.93. The summed E-state index contributed by atoms with van der Waals surface area (Å²) in [6.07, 6.45) is 30.5. The molecule has 162 valence electrons. The summed E-state index contributed by atoms with van der Waals surface area (Å²) in [5, 5.41) is 10.3. The van der Waals surface area contributed by atoms with Crippen LogP contribution in [-0.2, 0) is 0 Å². The summed E-state index contributed by atoms with van der Waals surface area (Å²) < 4.78 is 0. The first-order chi connectivity index (χ1) is 13.2. The van der Waals surface area contributed by atoms with E-state index < -0.39 is 0 Å². The Bertz CT molecular complexity index is 313. The largest absolute Gasteiger partial charge is 0.390 e. The molecule has 0 aliphatic heterocycles. The van der Waals surface area contributed by atoms with Crippen molar-refractivity contribution in [3.05, 3.63) is 0 Å². The summed E-state index contributed by atoms with van der Waals surface area (Å²) in [6.45, 7) is 4.50. The zero-order chi connectivity index (χ0) is 19.6. The van der Waals surface area contributed by atoms with Crippen LogP contribution >= 0.6 is 0 Å². The Hall–Kier alpha value is -0.0400. The molecular weight excluding hydrogens is 328 g/mol. The fourth-order valence-corrected chi connectivity index (χ4v) is 4.65. The van der Waals surface area contributed by atoms with Crippen LogP contribution in [0.5, 0.6) is 0 Å². The van der Waals surface area contributed by atoms with E-state index in [1.54, 1.807) is 0 Å². The molecular formula is C26H52O. The Morgan fingerprint density at radius 2 is 0.926 bits per heavy atom. The summed E-state index contributed by atoms with van der Waals surface area (Å²) in [5.74, 6) is 0.549. The van der Waals surface area contributed by atoms with E-state index in [2.05, 4.69) is 13.8 Å². The first kappa shape index (κ1) is 25.0. The van der Waals surface area contributed by atoms with Crippen LogP contribution in [0.2, 0.25) is 0 Å². The molecule has 1 aliphatic rings. The van der Waals surface area contributed by atoms with Crippen molar-refractivity contribution in [2.75, 3.05) is 0 Å². The van der Waals surface area contributed by atoms with Crippen LogP contribution in [0.1, 0.15) is 155 Å². The predicted molar refractivity (Wildman–Crippen MR) is 121 cm³/mol. The lowest BCUT2D eigenvalue weighted by Gasteiger charge is -2.43. The minimum Gasteiger partial charge on any atom is -0.390 e. The van der Waals surface area contributed by atoms with E-state index in [4.69, 9.17) is 0 Å². The van der Waals surface area contributed by atoms with Crippen LogP contribution in [0.4, 0.5) is 0 Å². The van der Waals surface area contributed by atoms with E-state index in [9.17, 15) is 5.11 Å². The molecule has 0 amide bonds. The highest BCUT2D eigenvalue weighted by atomic mass is 16.3. The van der Waals surface area contributed by atoms with E-state index in [-0.39, 0.29) is 5.60 Å². The molecule has 2 unspecified atom stereocenters. The molecule has 0 aromatic heterocycles. The SMILES string of the molecule is CCCCCCCCCCCCCCCCCCCCCC1(O)CCC1C. The Morgan fingerprint density at radius 3 is 1.19 bits per heavy atom. The molecule has 0 aromatic carbocycles. The van der Waals surface area contributed by atoms with E-state index >= 15 is 0 Å². The van der Waals surface area contributed by atoms with E-state index in [1.807, 2.05) is 0 Å². The second kappa shape index (κ2) is 16.9. The minimum atomic E-state index is -0.283. The Labute approximate surface area is 172 Å². The van der Waals surface area contributed by atoms with Gasteiger partial charge in [0.15, 0.2) is 0 Å². The van der Waals surface area contributed by atoms with Crippen molar-refractivity contribution in [3.8, 4) is 0 Å². The van der Waals surface area contributed by atoms with Gasteiger partial charge < -0.3 is 5.11 Å². The third kappa shape index (κ3) is 12.9. The highest BCUT2D eigenvalue weighted by Crippen LogP contribution is 2.41. The summed E-state index contributed by atoms with van der Waals surface area (Å²) in [4.78, 5) is 0. The van der Waals surface area contributed by atoms with Gasteiger partial charge >= 0.3 is 0 Å². The van der Waals surface area contributed by atoms with Crippen molar-refractivity contribution in [2.24, 2.45) is 5.92 Å². The second-order valence-electron chi connectivity index (χ2n) is 9.66. The first-order valence-electron chi connectivity index (χ1n) is 12.9. The molecule has 1 saturated carbocycles. The van der Waals surface area contributed by atoms with Crippen molar-refractivity contribution in [3.63, 3.8) is 0 Å². The van der Waals surface area contributed by atoms with Crippen molar-refractivity contribution >= 4 is 0 Å². The van der Waals surface area contributed by atoms with Crippen LogP contribution in [0.25, 0.3) is 0 Å². The zero-order valence-corrected chi connectivity index (χ0v) is 19.1. The maximum absolute atomic E-state index is 10.3. The molecule has 1 N–H and O–H groups in total. The maximum atomic E-state index is 10.3. The third-order valence-corrected chi connectivity index (χ3v) is 7.14. The van der Waals surface area contributed by atoms with Gasteiger partial charge in [0.25, 0.3) is 0 Å². The van der Waals surface area contributed by atoms with E-state index in [0.29, 0.717) is 5.92 Å². The normalized spacial score (nSPS) is 22.1. The predicted octanol–water partition coefficient (Wildman–Crippen LogP) is 8.97. The van der Waals surface area contributed by atoms with E-state index in [0.717, 1.165) is 12.8 Å². The molecule has 0 spiro atoms. The number of hydrogen-bond donors (Lipinski definition) is 1. The lowest BCUT2D eigenvalue weighted by molar-refractivity contribution is -0.0934. The molecule has 1 heteroatoms.